The first-order valence-corrected chi connectivity index (χ1v) is 6.14. The van der Waals surface area contributed by atoms with Crippen molar-refractivity contribution >= 4 is 5.97 Å². The van der Waals surface area contributed by atoms with Crippen molar-refractivity contribution in [1.29, 1.82) is 0 Å². The van der Waals surface area contributed by atoms with Crippen LogP contribution in [0.15, 0.2) is 18.2 Å². The third-order valence-electron chi connectivity index (χ3n) is 3.48. The largest absolute Gasteiger partial charge is 0.493 e. The van der Waals surface area contributed by atoms with E-state index in [0.29, 0.717) is 25.2 Å². The first kappa shape index (κ1) is 12.9. The molecule has 0 aromatic heterocycles. The highest BCUT2D eigenvalue weighted by Crippen LogP contribution is 2.39. The van der Waals surface area contributed by atoms with Crippen molar-refractivity contribution in [3.05, 3.63) is 29.3 Å². The molecule has 4 nitrogen and oxygen atoms in total. The predicted octanol–water partition coefficient (Wildman–Crippen LogP) is 1.78. The maximum atomic E-state index is 11.2. The molecule has 1 N–H and O–H groups in total. The molecule has 1 aromatic carbocycles. The number of rotatable bonds is 3. The minimum Gasteiger partial charge on any atom is -0.493 e. The zero-order valence-corrected chi connectivity index (χ0v) is 10.7. The lowest BCUT2D eigenvalue weighted by atomic mass is 9.85. The van der Waals surface area contributed by atoms with Crippen LogP contribution < -0.4 is 4.74 Å². The van der Waals surface area contributed by atoms with Gasteiger partial charge in [0.15, 0.2) is 0 Å². The van der Waals surface area contributed by atoms with E-state index >= 15 is 0 Å². The van der Waals surface area contributed by atoms with Crippen LogP contribution in [0.5, 0.6) is 5.75 Å². The molecule has 0 saturated carbocycles. The Balaban J connectivity index is 2.30. The molecule has 0 spiro atoms. The third kappa shape index (κ3) is 2.34. The Labute approximate surface area is 107 Å². The van der Waals surface area contributed by atoms with Crippen molar-refractivity contribution in [2.45, 2.75) is 31.8 Å². The summed E-state index contributed by atoms with van der Waals surface area (Å²) in [5, 5.41) is 10.5. The SMILES string of the molecule is CCC1(O)CCOc2cc(CC(=O)OC)ccc21. The second kappa shape index (κ2) is 4.98. The smallest absolute Gasteiger partial charge is 0.309 e. The summed E-state index contributed by atoms with van der Waals surface area (Å²) in [6, 6.07) is 5.49. The number of carbonyl (C=O) groups excluding carboxylic acids is 1. The average molecular weight is 250 g/mol. The van der Waals surface area contributed by atoms with Gasteiger partial charge in [0.1, 0.15) is 5.75 Å². The predicted molar refractivity (Wildman–Crippen MR) is 66.5 cm³/mol. The molecule has 2 rings (SSSR count). The highest BCUT2D eigenvalue weighted by atomic mass is 16.5. The van der Waals surface area contributed by atoms with Crippen molar-refractivity contribution in [1.82, 2.24) is 0 Å². The van der Waals surface area contributed by atoms with Crippen LogP contribution >= 0.6 is 0 Å². The van der Waals surface area contributed by atoms with Gasteiger partial charge in [-0.05, 0) is 18.1 Å². The number of carbonyl (C=O) groups is 1. The second-order valence-corrected chi connectivity index (χ2v) is 4.57. The van der Waals surface area contributed by atoms with Crippen molar-refractivity contribution in [2.75, 3.05) is 13.7 Å². The molecule has 4 heteroatoms. The zero-order chi connectivity index (χ0) is 13.2. The maximum absolute atomic E-state index is 11.2. The Kier molecular flexibility index (Phi) is 3.57. The Hall–Kier alpha value is -1.55. The van der Waals surface area contributed by atoms with Gasteiger partial charge in [-0.1, -0.05) is 19.1 Å². The molecule has 1 heterocycles. The summed E-state index contributed by atoms with van der Waals surface area (Å²) < 4.78 is 10.2. The fourth-order valence-electron chi connectivity index (χ4n) is 2.25. The van der Waals surface area contributed by atoms with E-state index in [1.54, 1.807) is 0 Å². The lowest BCUT2D eigenvalue weighted by molar-refractivity contribution is -0.139. The topological polar surface area (TPSA) is 55.8 Å². The first-order valence-electron chi connectivity index (χ1n) is 6.14. The van der Waals surface area contributed by atoms with E-state index in [-0.39, 0.29) is 12.4 Å². The van der Waals surface area contributed by atoms with E-state index in [1.807, 2.05) is 25.1 Å². The molecular weight excluding hydrogens is 232 g/mol. The molecule has 0 bridgehead atoms. The summed E-state index contributed by atoms with van der Waals surface area (Å²) in [4.78, 5) is 11.2. The second-order valence-electron chi connectivity index (χ2n) is 4.57. The molecule has 0 amide bonds. The Bertz CT molecular complexity index is 455. The third-order valence-corrected chi connectivity index (χ3v) is 3.48. The normalized spacial score (nSPS) is 21.9. The van der Waals surface area contributed by atoms with Gasteiger partial charge >= 0.3 is 5.97 Å². The van der Waals surface area contributed by atoms with Gasteiger partial charge in [-0.15, -0.1) is 0 Å². The van der Waals surface area contributed by atoms with Crippen molar-refractivity contribution in [2.24, 2.45) is 0 Å². The van der Waals surface area contributed by atoms with E-state index in [4.69, 9.17) is 4.74 Å². The monoisotopic (exact) mass is 250 g/mol. The molecule has 1 aromatic rings. The number of methoxy groups -OCH3 is 1. The summed E-state index contributed by atoms with van der Waals surface area (Å²) in [5.74, 6) is 0.392. The van der Waals surface area contributed by atoms with Crippen LogP contribution in [-0.2, 0) is 21.6 Å². The number of hydrogen-bond acceptors (Lipinski definition) is 4. The summed E-state index contributed by atoms with van der Waals surface area (Å²) in [7, 11) is 1.37. The minimum absolute atomic E-state index is 0.220. The molecule has 98 valence electrons. The lowest BCUT2D eigenvalue weighted by Crippen LogP contribution is -2.32. The fraction of sp³-hybridized carbons (Fsp3) is 0.500. The number of fused-ring (bicyclic) bond motifs is 1. The number of benzene rings is 1. The van der Waals surface area contributed by atoms with Crippen molar-refractivity contribution < 1.29 is 19.4 Å². The number of esters is 1. The molecule has 1 atom stereocenters. The van der Waals surface area contributed by atoms with Crippen LogP contribution in [-0.4, -0.2) is 24.8 Å². The summed E-state index contributed by atoms with van der Waals surface area (Å²) in [6.45, 7) is 2.45. The summed E-state index contributed by atoms with van der Waals surface area (Å²) >= 11 is 0. The van der Waals surface area contributed by atoms with Gasteiger partial charge in [-0.25, -0.2) is 0 Å². The summed E-state index contributed by atoms with van der Waals surface area (Å²) in [6.07, 6.45) is 1.48. The number of ether oxygens (including phenoxy) is 2. The van der Waals surface area contributed by atoms with E-state index in [0.717, 1.165) is 11.1 Å². The van der Waals surface area contributed by atoms with Gasteiger partial charge in [-0.2, -0.15) is 0 Å². The molecule has 0 fully saturated rings. The summed E-state index contributed by atoms with van der Waals surface area (Å²) in [5.41, 5.74) is 0.836. The van der Waals surface area contributed by atoms with E-state index in [9.17, 15) is 9.90 Å². The van der Waals surface area contributed by atoms with Gasteiger partial charge in [0.2, 0.25) is 0 Å². The van der Waals surface area contributed by atoms with Gasteiger partial charge in [-0.3, -0.25) is 4.79 Å². The van der Waals surface area contributed by atoms with E-state index < -0.39 is 5.60 Å². The molecular formula is C14H18O4. The van der Waals surface area contributed by atoms with Crippen molar-refractivity contribution in [3.8, 4) is 5.75 Å². The average Bonchev–Trinajstić information content (AvgIpc) is 2.38. The molecule has 18 heavy (non-hydrogen) atoms. The Morgan fingerprint density at radius 1 is 1.56 bits per heavy atom. The Morgan fingerprint density at radius 3 is 3.00 bits per heavy atom. The van der Waals surface area contributed by atoms with E-state index in [1.165, 1.54) is 7.11 Å². The molecule has 1 unspecified atom stereocenters. The van der Waals surface area contributed by atoms with Gasteiger partial charge in [0.05, 0.1) is 25.7 Å². The van der Waals surface area contributed by atoms with Crippen molar-refractivity contribution in [3.63, 3.8) is 0 Å². The Morgan fingerprint density at radius 2 is 2.33 bits per heavy atom. The fourth-order valence-corrected chi connectivity index (χ4v) is 2.25. The van der Waals surface area contributed by atoms with Gasteiger partial charge < -0.3 is 14.6 Å². The maximum Gasteiger partial charge on any atom is 0.309 e. The molecule has 1 aliphatic rings. The standard InChI is InChI=1S/C14H18O4/c1-3-14(16)6-7-18-12-8-10(4-5-11(12)14)9-13(15)17-2/h4-5,8,16H,3,6-7,9H2,1-2H3. The van der Waals surface area contributed by atoms with E-state index in [2.05, 4.69) is 4.74 Å². The molecule has 0 aliphatic carbocycles. The first-order chi connectivity index (χ1) is 8.59. The quantitative estimate of drug-likeness (QED) is 0.831. The lowest BCUT2D eigenvalue weighted by Gasteiger charge is -2.33. The molecule has 0 saturated heterocycles. The van der Waals surface area contributed by atoms with Gasteiger partial charge in [0.25, 0.3) is 0 Å². The van der Waals surface area contributed by atoms with Crippen LogP contribution in [0.2, 0.25) is 0 Å². The van der Waals surface area contributed by atoms with Gasteiger partial charge in [0, 0.05) is 12.0 Å². The van der Waals surface area contributed by atoms with Crippen LogP contribution in [0, 0.1) is 0 Å². The zero-order valence-electron chi connectivity index (χ0n) is 10.7. The molecule has 1 aliphatic heterocycles. The van der Waals surface area contributed by atoms with Crippen LogP contribution in [0.1, 0.15) is 30.9 Å². The highest BCUT2D eigenvalue weighted by Gasteiger charge is 2.33. The number of hydrogen-bond donors (Lipinski definition) is 1. The number of aliphatic hydroxyl groups is 1. The van der Waals surface area contributed by atoms with Crippen LogP contribution in [0.4, 0.5) is 0 Å². The molecule has 0 radical (unpaired) electrons. The highest BCUT2D eigenvalue weighted by molar-refractivity contribution is 5.72. The van der Waals surface area contributed by atoms with Crippen LogP contribution in [0.25, 0.3) is 0 Å². The minimum atomic E-state index is -0.808. The van der Waals surface area contributed by atoms with Crippen LogP contribution in [0.3, 0.4) is 0 Å².